The van der Waals surface area contributed by atoms with E-state index in [2.05, 4.69) is 6.07 Å². The molecule has 17 heavy (non-hydrogen) atoms. The molecule has 2 heteroatoms. The van der Waals surface area contributed by atoms with Gasteiger partial charge in [0.25, 0.3) is 0 Å². The lowest BCUT2D eigenvalue weighted by Gasteiger charge is -1.97. The molecule has 1 heterocycles. The summed E-state index contributed by atoms with van der Waals surface area (Å²) in [7, 11) is 0. The van der Waals surface area contributed by atoms with Gasteiger partial charge >= 0.3 is 0 Å². The Balaban J connectivity index is 2.29. The van der Waals surface area contributed by atoms with Gasteiger partial charge in [0.1, 0.15) is 11.5 Å². The molecule has 0 N–H and O–H groups in total. The number of hydrogen-bond donors (Lipinski definition) is 0. The van der Waals surface area contributed by atoms with Crippen LogP contribution in [0.1, 0.15) is 22.6 Å². The average molecular weight is 226 g/mol. The van der Waals surface area contributed by atoms with Crippen molar-refractivity contribution in [2.45, 2.75) is 13.8 Å². The molecule has 0 spiro atoms. The third-order valence-corrected chi connectivity index (χ3v) is 2.39. The Hall–Kier alpha value is -2.09. The smallest absolute Gasteiger partial charge is 0.185 e. The van der Waals surface area contributed by atoms with Crippen LogP contribution in [-0.2, 0) is 0 Å². The topological polar surface area (TPSA) is 30.2 Å². The van der Waals surface area contributed by atoms with E-state index in [-0.39, 0.29) is 5.43 Å². The molecule has 0 aliphatic rings. The zero-order valence-electron chi connectivity index (χ0n) is 9.94. The maximum Gasteiger partial charge on any atom is 0.185 e. The van der Waals surface area contributed by atoms with Gasteiger partial charge in [-0.15, -0.1) is 0 Å². The standard InChI is InChI=1S/C15H14O2/c1-11-4-3-5-13(8-11)6-7-15-10-14(16)9-12(2)17-15/h3-10H,1-2H3/b7-6+. The van der Waals surface area contributed by atoms with Gasteiger partial charge in [-0.3, -0.25) is 4.79 Å². The molecular formula is C15H14O2. The predicted octanol–water partition coefficient (Wildman–Crippen LogP) is 3.43. The van der Waals surface area contributed by atoms with Crippen LogP contribution in [0, 0.1) is 13.8 Å². The molecule has 2 rings (SSSR count). The van der Waals surface area contributed by atoms with E-state index >= 15 is 0 Å². The van der Waals surface area contributed by atoms with Crippen LogP contribution in [0.3, 0.4) is 0 Å². The summed E-state index contributed by atoms with van der Waals surface area (Å²) < 4.78 is 5.42. The van der Waals surface area contributed by atoms with Gasteiger partial charge in [0.15, 0.2) is 5.43 Å². The summed E-state index contributed by atoms with van der Waals surface area (Å²) in [6.45, 7) is 3.82. The van der Waals surface area contributed by atoms with Crippen molar-refractivity contribution in [3.8, 4) is 0 Å². The normalized spacial score (nSPS) is 10.9. The highest BCUT2D eigenvalue weighted by Crippen LogP contribution is 2.09. The number of aryl methyl sites for hydroxylation is 2. The molecule has 0 atom stereocenters. The summed E-state index contributed by atoms with van der Waals surface area (Å²) in [5, 5.41) is 0. The van der Waals surface area contributed by atoms with Crippen LogP contribution in [0.5, 0.6) is 0 Å². The van der Waals surface area contributed by atoms with E-state index in [9.17, 15) is 4.79 Å². The first kappa shape index (κ1) is 11.4. The third-order valence-electron chi connectivity index (χ3n) is 2.39. The fraction of sp³-hybridized carbons (Fsp3) is 0.133. The van der Waals surface area contributed by atoms with Crippen molar-refractivity contribution in [2.75, 3.05) is 0 Å². The molecule has 0 unspecified atom stereocenters. The zero-order chi connectivity index (χ0) is 12.3. The van der Waals surface area contributed by atoms with Gasteiger partial charge in [0.2, 0.25) is 0 Å². The van der Waals surface area contributed by atoms with Crippen molar-refractivity contribution < 1.29 is 4.42 Å². The quantitative estimate of drug-likeness (QED) is 0.785. The van der Waals surface area contributed by atoms with Gasteiger partial charge in [-0.05, 0) is 25.5 Å². The first-order valence-corrected chi connectivity index (χ1v) is 5.50. The van der Waals surface area contributed by atoms with Crippen LogP contribution in [-0.4, -0.2) is 0 Å². The van der Waals surface area contributed by atoms with E-state index < -0.39 is 0 Å². The molecule has 0 aliphatic carbocycles. The second-order valence-electron chi connectivity index (χ2n) is 4.05. The van der Waals surface area contributed by atoms with E-state index in [0.29, 0.717) is 11.5 Å². The maximum absolute atomic E-state index is 11.3. The van der Waals surface area contributed by atoms with Gasteiger partial charge in [0.05, 0.1) is 0 Å². The third kappa shape index (κ3) is 3.18. The van der Waals surface area contributed by atoms with Crippen molar-refractivity contribution >= 4 is 12.2 Å². The molecule has 86 valence electrons. The summed E-state index contributed by atoms with van der Waals surface area (Å²) in [4.78, 5) is 11.3. The molecule has 0 fully saturated rings. The van der Waals surface area contributed by atoms with Crippen molar-refractivity contribution in [3.05, 3.63) is 69.3 Å². The number of hydrogen-bond acceptors (Lipinski definition) is 2. The Morgan fingerprint density at radius 3 is 2.59 bits per heavy atom. The molecule has 1 aromatic heterocycles. The fourth-order valence-electron chi connectivity index (χ4n) is 1.66. The van der Waals surface area contributed by atoms with E-state index in [4.69, 9.17) is 4.42 Å². The van der Waals surface area contributed by atoms with Crippen molar-refractivity contribution in [2.24, 2.45) is 0 Å². The van der Waals surface area contributed by atoms with Gasteiger partial charge in [-0.2, -0.15) is 0 Å². The van der Waals surface area contributed by atoms with E-state index in [1.165, 1.54) is 17.7 Å². The lowest BCUT2D eigenvalue weighted by molar-refractivity contribution is 0.505. The van der Waals surface area contributed by atoms with Crippen LogP contribution in [0.4, 0.5) is 0 Å². The van der Waals surface area contributed by atoms with Crippen molar-refractivity contribution in [1.29, 1.82) is 0 Å². The van der Waals surface area contributed by atoms with Crippen LogP contribution in [0.15, 0.2) is 45.6 Å². The van der Waals surface area contributed by atoms with Crippen LogP contribution < -0.4 is 5.43 Å². The largest absolute Gasteiger partial charge is 0.462 e. The average Bonchev–Trinajstić information content (AvgIpc) is 2.25. The Bertz CT molecular complexity index is 606. The summed E-state index contributed by atoms with van der Waals surface area (Å²) in [6.07, 6.45) is 3.74. The van der Waals surface area contributed by atoms with Gasteiger partial charge in [-0.25, -0.2) is 0 Å². The Labute approximate surface area is 100 Å². The monoisotopic (exact) mass is 226 g/mol. The van der Waals surface area contributed by atoms with Crippen molar-refractivity contribution in [3.63, 3.8) is 0 Å². The minimum Gasteiger partial charge on any atom is -0.462 e. The molecule has 2 aromatic rings. The maximum atomic E-state index is 11.3. The Kier molecular flexibility index (Phi) is 3.24. The molecule has 0 aliphatic heterocycles. The van der Waals surface area contributed by atoms with Gasteiger partial charge in [0, 0.05) is 12.1 Å². The van der Waals surface area contributed by atoms with Crippen LogP contribution >= 0.6 is 0 Å². The summed E-state index contributed by atoms with van der Waals surface area (Å²) in [5.74, 6) is 1.21. The zero-order valence-corrected chi connectivity index (χ0v) is 9.94. The van der Waals surface area contributed by atoms with Gasteiger partial charge in [-0.1, -0.05) is 35.9 Å². The molecule has 1 aromatic carbocycles. The second-order valence-corrected chi connectivity index (χ2v) is 4.05. The second kappa shape index (κ2) is 4.83. The summed E-state index contributed by atoms with van der Waals surface area (Å²) in [5.41, 5.74) is 2.27. The van der Waals surface area contributed by atoms with E-state index in [1.54, 1.807) is 6.92 Å². The first-order chi connectivity index (χ1) is 8.13. The first-order valence-electron chi connectivity index (χ1n) is 5.50. The van der Waals surface area contributed by atoms with Gasteiger partial charge < -0.3 is 4.42 Å². The summed E-state index contributed by atoms with van der Waals surface area (Å²) in [6, 6.07) is 11.1. The minimum atomic E-state index is -0.0300. The number of rotatable bonds is 2. The SMILES string of the molecule is Cc1cccc(/C=C/c2cc(=O)cc(C)o2)c1. The Morgan fingerprint density at radius 1 is 1.06 bits per heavy atom. The minimum absolute atomic E-state index is 0.0300. The molecular weight excluding hydrogens is 212 g/mol. The predicted molar refractivity (Wildman–Crippen MR) is 69.8 cm³/mol. The lowest BCUT2D eigenvalue weighted by atomic mass is 10.1. The number of benzene rings is 1. The molecule has 0 bridgehead atoms. The molecule has 2 nitrogen and oxygen atoms in total. The molecule has 0 amide bonds. The molecule has 0 radical (unpaired) electrons. The van der Waals surface area contributed by atoms with Crippen LogP contribution in [0.2, 0.25) is 0 Å². The highest BCUT2D eigenvalue weighted by molar-refractivity contribution is 5.67. The van der Waals surface area contributed by atoms with Crippen LogP contribution in [0.25, 0.3) is 12.2 Å². The molecule has 0 saturated carbocycles. The fourth-order valence-corrected chi connectivity index (χ4v) is 1.66. The highest BCUT2D eigenvalue weighted by atomic mass is 16.3. The summed E-state index contributed by atoms with van der Waals surface area (Å²) >= 11 is 0. The lowest BCUT2D eigenvalue weighted by Crippen LogP contribution is -1.97. The Morgan fingerprint density at radius 2 is 1.88 bits per heavy atom. The highest BCUT2D eigenvalue weighted by Gasteiger charge is 1.95. The van der Waals surface area contributed by atoms with Crippen molar-refractivity contribution in [1.82, 2.24) is 0 Å². The van der Waals surface area contributed by atoms with E-state index in [0.717, 1.165) is 5.56 Å². The van der Waals surface area contributed by atoms with E-state index in [1.807, 2.05) is 37.3 Å². The molecule has 0 saturated heterocycles.